The Bertz CT molecular complexity index is 901. The fraction of sp³-hybridized carbons (Fsp3) is 0.0526. The predicted molar refractivity (Wildman–Crippen MR) is 83.9 cm³/mol. The molecule has 0 atom stereocenters. The van der Waals surface area contributed by atoms with Crippen molar-refractivity contribution in [1.29, 1.82) is 0 Å². The Kier molecular flexibility index (Phi) is 2.40. The second-order valence-electron chi connectivity index (χ2n) is 5.13. The quantitative estimate of drug-likeness (QED) is 0.435. The van der Waals surface area contributed by atoms with Crippen molar-refractivity contribution in [1.82, 2.24) is 0 Å². The first-order chi connectivity index (χ1) is 9.83. The van der Waals surface area contributed by atoms with Crippen LogP contribution >= 0.6 is 0 Å². The van der Waals surface area contributed by atoms with E-state index in [0.29, 0.717) is 0 Å². The molecule has 1 nitrogen and oxygen atoms in total. The molecule has 96 valence electrons. The Morgan fingerprint density at radius 2 is 1.45 bits per heavy atom. The molecular weight excluding hydrogens is 244 g/mol. The van der Waals surface area contributed by atoms with Crippen LogP contribution in [0.1, 0.15) is 5.56 Å². The standard InChI is InChI=1S/C19H14O/c1-13-11-15(14-7-3-2-4-8-14)12-17-16-9-5-6-10-18(16)20-19(13)17/h2-12H,1H3. The summed E-state index contributed by atoms with van der Waals surface area (Å²) in [5.41, 5.74) is 5.60. The highest BCUT2D eigenvalue weighted by atomic mass is 16.3. The van der Waals surface area contributed by atoms with Crippen LogP contribution in [-0.4, -0.2) is 0 Å². The van der Waals surface area contributed by atoms with Crippen LogP contribution in [0, 0.1) is 6.92 Å². The third-order valence-electron chi connectivity index (χ3n) is 3.77. The fourth-order valence-electron chi connectivity index (χ4n) is 2.79. The molecule has 1 aromatic heterocycles. The van der Waals surface area contributed by atoms with Gasteiger partial charge in [-0.1, -0.05) is 48.5 Å². The van der Waals surface area contributed by atoms with Crippen LogP contribution in [0.15, 0.2) is 71.1 Å². The summed E-state index contributed by atoms with van der Waals surface area (Å²) in [6, 6.07) is 23.1. The van der Waals surface area contributed by atoms with E-state index in [2.05, 4.69) is 55.5 Å². The lowest BCUT2D eigenvalue weighted by Crippen LogP contribution is -1.80. The molecule has 0 N–H and O–H groups in total. The molecule has 0 aliphatic rings. The van der Waals surface area contributed by atoms with E-state index < -0.39 is 0 Å². The van der Waals surface area contributed by atoms with Gasteiger partial charge in [0.05, 0.1) is 0 Å². The Hall–Kier alpha value is -2.54. The van der Waals surface area contributed by atoms with Gasteiger partial charge in [-0.2, -0.15) is 0 Å². The second-order valence-corrected chi connectivity index (χ2v) is 5.13. The van der Waals surface area contributed by atoms with Crippen molar-refractivity contribution in [2.75, 3.05) is 0 Å². The largest absolute Gasteiger partial charge is 0.456 e. The lowest BCUT2D eigenvalue weighted by Gasteiger charge is -2.04. The van der Waals surface area contributed by atoms with Gasteiger partial charge in [-0.05, 0) is 41.8 Å². The Balaban J connectivity index is 2.08. The lowest BCUT2D eigenvalue weighted by atomic mass is 10.00. The monoisotopic (exact) mass is 258 g/mol. The molecule has 3 aromatic carbocycles. The normalized spacial score (nSPS) is 11.2. The first-order valence-corrected chi connectivity index (χ1v) is 6.80. The van der Waals surface area contributed by atoms with Gasteiger partial charge in [0.25, 0.3) is 0 Å². The zero-order valence-corrected chi connectivity index (χ0v) is 11.3. The van der Waals surface area contributed by atoms with Crippen molar-refractivity contribution in [3.05, 3.63) is 72.3 Å². The summed E-state index contributed by atoms with van der Waals surface area (Å²) in [6.07, 6.45) is 0. The fourth-order valence-corrected chi connectivity index (χ4v) is 2.79. The molecule has 1 heteroatoms. The summed E-state index contributed by atoms with van der Waals surface area (Å²) in [4.78, 5) is 0. The van der Waals surface area contributed by atoms with Gasteiger partial charge in [0.1, 0.15) is 11.2 Å². The number of aryl methyl sites for hydroxylation is 1. The van der Waals surface area contributed by atoms with Crippen molar-refractivity contribution in [3.63, 3.8) is 0 Å². The lowest BCUT2D eigenvalue weighted by molar-refractivity contribution is 0.666. The maximum Gasteiger partial charge on any atom is 0.138 e. The van der Waals surface area contributed by atoms with E-state index >= 15 is 0 Å². The van der Waals surface area contributed by atoms with Crippen LogP contribution in [0.3, 0.4) is 0 Å². The van der Waals surface area contributed by atoms with Gasteiger partial charge in [-0.15, -0.1) is 0 Å². The van der Waals surface area contributed by atoms with Crippen molar-refractivity contribution < 1.29 is 4.42 Å². The molecule has 0 saturated carbocycles. The molecule has 0 spiro atoms. The van der Waals surface area contributed by atoms with Gasteiger partial charge >= 0.3 is 0 Å². The highest BCUT2D eigenvalue weighted by molar-refractivity contribution is 6.07. The van der Waals surface area contributed by atoms with Crippen LogP contribution < -0.4 is 0 Å². The molecular formula is C19H14O. The van der Waals surface area contributed by atoms with Gasteiger partial charge in [0.15, 0.2) is 0 Å². The molecule has 4 rings (SSSR count). The van der Waals surface area contributed by atoms with Gasteiger partial charge in [-0.25, -0.2) is 0 Å². The third kappa shape index (κ3) is 1.64. The molecule has 1 heterocycles. The van der Waals surface area contributed by atoms with E-state index in [-0.39, 0.29) is 0 Å². The number of para-hydroxylation sites is 1. The minimum Gasteiger partial charge on any atom is -0.456 e. The molecule has 0 aliphatic carbocycles. The van der Waals surface area contributed by atoms with E-state index in [1.54, 1.807) is 0 Å². The molecule has 0 bridgehead atoms. The average Bonchev–Trinajstić information content (AvgIpc) is 2.88. The highest BCUT2D eigenvalue weighted by Crippen LogP contribution is 2.34. The van der Waals surface area contributed by atoms with Crippen LogP contribution in [0.5, 0.6) is 0 Å². The van der Waals surface area contributed by atoms with Crippen molar-refractivity contribution in [2.24, 2.45) is 0 Å². The molecule has 20 heavy (non-hydrogen) atoms. The Morgan fingerprint density at radius 1 is 0.700 bits per heavy atom. The molecule has 4 aromatic rings. The second kappa shape index (κ2) is 4.24. The number of rotatable bonds is 1. The van der Waals surface area contributed by atoms with E-state index in [0.717, 1.165) is 11.2 Å². The van der Waals surface area contributed by atoms with Crippen molar-refractivity contribution in [2.45, 2.75) is 6.92 Å². The summed E-state index contributed by atoms with van der Waals surface area (Å²) in [6.45, 7) is 2.11. The van der Waals surface area contributed by atoms with Crippen LogP contribution in [0.25, 0.3) is 33.1 Å². The SMILES string of the molecule is Cc1cc(-c2ccccc2)cc2c1oc1ccccc12. The number of hydrogen-bond acceptors (Lipinski definition) is 1. The van der Waals surface area contributed by atoms with E-state index in [4.69, 9.17) is 4.42 Å². The summed E-state index contributed by atoms with van der Waals surface area (Å²) < 4.78 is 5.97. The summed E-state index contributed by atoms with van der Waals surface area (Å²) in [7, 11) is 0. The summed E-state index contributed by atoms with van der Waals surface area (Å²) >= 11 is 0. The average molecular weight is 258 g/mol. The minimum absolute atomic E-state index is 0.954. The van der Waals surface area contributed by atoms with Crippen molar-refractivity contribution in [3.8, 4) is 11.1 Å². The van der Waals surface area contributed by atoms with Gasteiger partial charge in [0, 0.05) is 10.8 Å². The number of furan rings is 1. The van der Waals surface area contributed by atoms with Crippen LogP contribution in [0.4, 0.5) is 0 Å². The zero-order valence-electron chi connectivity index (χ0n) is 11.3. The zero-order chi connectivity index (χ0) is 13.5. The predicted octanol–water partition coefficient (Wildman–Crippen LogP) is 5.56. The smallest absolute Gasteiger partial charge is 0.138 e. The van der Waals surface area contributed by atoms with E-state index in [1.165, 1.54) is 27.5 Å². The van der Waals surface area contributed by atoms with Crippen LogP contribution in [0.2, 0.25) is 0 Å². The Labute approximate surface area is 117 Å². The number of fused-ring (bicyclic) bond motifs is 3. The molecule has 0 unspecified atom stereocenters. The first-order valence-electron chi connectivity index (χ1n) is 6.80. The highest BCUT2D eigenvalue weighted by Gasteiger charge is 2.10. The van der Waals surface area contributed by atoms with Gasteiger partial charge in [-0.3, -0.25) is 0 Å². The Morgan fingerprint density at radius 3 is 2.30 bits per heavy atom. The van der Waals surface area contributed by atoms with E-state index in [9.17, 15) is 0 Å². The minimum atomic E-state index is 0.954. The van der Waals surface area contributed by atoms with Gasteiger partial charge < -0.3 is 4.42 Å². The third-order valence-corrected chi connectivity index (χ3v) is 3.77. The maximum absolute atomic E-state index is 5.97. The first kappa shape index (κ1) is 11.3. The molecule has 0 fully saturated rings. The molecule has 0 aliphatic heterocycles. The summed E-state index contributed by atoms with van der Waals surface area (Å²) in [5.74, 6) is 0. The maximum atomic E-state index is 5.97. The molecule has 0 radical (unpaired) electrons. The summed E-state index contributed by atoms with van der Waals surface area (Å²) in [5, 5.41) is 2.38. The van der Waals surface area contributed by atoms with Crippen LogP contribution in [-0.2, 0) is 0 Å². The van der Waals surface area contributed by atoms with Crippen molar-refractivity contribution >= 4 is 21.9 Å². The number of benzene rings is 3. The number of hydrogen-bond donors (Lipinski definition) is 0. The molecule has 0 amide bonds. The topological polar surface area (TPSA) is 13.1 Å². The van der Waals surface area contributed by atoms with Gasteiger partial charge in [0.2, 0.25) is 0 Å². The van der Waals surface area contributed by atoms with E-state index in [1.807, 2.05) is 18.2 Å². The molecule has 0 saturated heterocycles.